The average molecular weight is 479 g/mol. The molecule has 0 aliphatic heterocycles. The van der Waals surface area contributed by atoms with Crippen LogP contribution in [-0.2, 0) is 14.3 Å². The molecule has 0 heterocycles. The average Bonchev–Trinajstić information content (AvgIpc) is 3.19. The van der Waals surface area contributed by atoms with Crippen LogP contribution in [0, 0.1) is 11.8 Å². The Morgan fingerprint density at radius 3 is 2.26 bits per heavy atom. The number of ether oxygens (including phenoxy) is 1. The van der Waals surface area contributed by atoms with Gasteiger partial charge in [0, 0.05) is 18.5 Å². The first kappa shape index (κ1) is 24.8. The van der Waals surface area contributed by atoms with Crippen LogP contribution in [0.25, 0.3) is 11.1 Å². The van der Waals surface area contributed by atoms with Crippen molar-refractivity contribution < 1.29 is 24.2 Å². The van der Waals surface area contributed by atoms with Gasteiger partial charge < -0.3 is 20.5 Å². The van der Waals surface area contributed by atoms with E-state index in [0.29, 0.717) is 19.3 Å². The van der Waals surface area contributed by atoms with Gasteiger partial charge in [0.2, 0.25) is 5.91 Å². The molecule has 0 spiro atoms. The van der Waals surface area contributed by atoms with Gasteiger partial charge in [-0.1, -0.05) is 74.7 Å². The van der Waals surface area contributed by atoms with E-state index in [9.17, 15) is 19.5 Å². The summed E-state index contributed by atoms with van der Waals surface area (Å²) in [4.78, 5) is 37.0. The molecule has 2 aliphatic carbocycles. The van der Waals surface area contributed by atoms with Crippen LogP contribution in [0.3, 0.4) is 0 Å². The minimum Gasteiger partial charge on any atom is -0.481 e. The van der Waals surface area contributed by atoms with E-state index < -0.39 is 18.0 Å². The normalized spacial score (nSPS) is 19.8. The summed E-state index contributed by atoms with van der Waals surface area (Å²) >= 11 is 0. The quantitative estimate of drug-likeness (QED) is 0.485. The van der Waals surface area contributed by atoms with E-state index in [0.717, 1.165) is 30.4 Å². The van der Waals surface area contributed by atoms with Gasteiger partial charge in [0.15, 0.2) is 0 Å². The Balaban J connectivity index is 1.35. The van der Waals surface area contributed by atoms with Crippen molar-refractivity contribution in [2.75, 3.05) is 13.2 Å². The summed E-state index contributed by atoms with van der Waals surface area (Å²) in [5, 5.41) is 15.1. The van der Waals surface area contributed by atoms with Crippen LogP contribution < -0.4 is 10.6 Å². The van der Waals surface area contributed by atoms with Gasteiger partial charge in [0.05, 0.1) is 11.8 Å². The smallest absolute Gasteiger partial charge is 0.407 e. The fourth-order valence-corrected chi connectivity index (χ4v) is 5.43. The number of nitrogens with one attached hydrogen (secondary N) is 2. The minimum atomic E-state index is -0.899. The van der Waals surface area contributed by atoms with E-state index >= 15 is 0 Å². The lowest BCUT2D eigenvalue weighted by atomic mass is 9.83. The van der Waals surface area contributed by atoms with E-state index in [1.807, 2.05) is 31.2 Å². The molecule has 2 amide bonds. The van der Waals surface area contributed by atoms with Crippen molar-refractivity contribution in [3.63, 3.8) is 0 Å². The number of carbonyl (C=O) groups is 3. The lowest BCUT2D eigenvalue weighted by Gasteiger charge is -2.31. The van der Waals surface area contributed by atoms with E-state index in [4.69, 9.17) is 4.74 Å². The third-order valence-corrected chi connectivity index (χ3v) is 7.26. The summed E-state index contributed by atoms with van der Waals surface area (Å²) < 4.78 is 5.67. The number of hydrogen-bond acceptors (Lipinski definition) is 4. The summed E-state index contributed by atoms with van der Waals surface area (Å²) in [6, 6.07) is 16.0. The fourth-order valence-electron chi connectivity index (χ4n) is 5.43. The maximum atomic E-state index is 12.9. The van der Waals surface area contributed by atoms with E-state index in [-0.39, 0.29) is 36.9 Å². The van der Waals surface area contributed by atoms with Gasteiger partial charge in [-0.05, 0) is 41.5 Å². The second kappa shape index (κ2) is 11.4. The van der Waals surface area contributed by atoms with Crippen molar-refractivity contribution in [2.24, 2.45) is 11.8 Å². The molecule has 3 unspecified atom stereocenters. The number of alkyl carbamates (subject to hydrolysis) is 1. The molecule has 3 atom stereocenters. The fraction of sp³-hybridized carbons (Fsp3) is 0.464. The highest BCUT2D eigenvalue weighted by atomic mass is 16.5. The molecular formula is C28H34N2O5. The molecule has 0 aromatic heterocycles. The number of aliphatic carboxylic acids is 1. The van der Waals surface area contributed by atoms with Crippen molar-refractivity contribution >= 4 is 18.0 Å². The molecule has 0 radical (unpaired) electrons. The zero-order valence-electron chi connectivity index (χ0n) is 20.2. The summed E-state index contributed by atoms with van der Waals surface area (Å²) in [6.45, 7) is 2.25. The monoisotopic (exact) mass is 478 g/mol. The van der Waals surface area contributed by atoms with Crippen molar-refractivity contribution in [3.05, 3.63) is 59.7 Å². The van der Waals surface area contributed by atoms with E-state index in [1.54, 1.807) is 0 Å². The number of carboxylic acid groups (broad SMARTS) is 1. The van der Waals surface area contributed by atoms with Crippen LogP contribution >= 0.6 is 0 Å². The number of rotatable bonds is 9. The largest absolute Gasteiger partial charge is 0.481 e. The van der Waals surface area contributed by atoms with Gasteiger partial charge >= 0.3 is 12.1 Å². The number of fused-ring (bicyclic) bond motifs is 3. The predicted molar refractivity (Wildman–Crippen MR) is 133 cm³/mol. The number of benzene rings is 2. The first-order valence-electron chi connectivity index (χ1n) is 12.6. The first-order valence-corrected chi connectivity index (χ1v) is 12.6. The Labute approximate surface area is 206 Å². The SMILES string of the molecule is CCCC(CNC(=O)C1CCCCC1NC(=O)OCC1c2ccccc2-c2ccccc21)C(=O)O. The van der Waals surface area contributed by atoms with Gasteiger partial charge in [-0.25, -0.2) is 4.79 Å². The maximum absolute atomic E-state index is 12.9. The minimum absolute atomic E-state index is 0.0230. The Morgan fingerprint density at radius 2 is 1.63 bits per heavy atom. The topological polar surface area (TPSA) is 105 Å². The second-order valence-corrected chi connectivity index (χ2v) is 9.54. The van der Waals surface area contributed by atoms with Crippen molar-refractivity contribution in [3.8, 4) is 11.1 Å². The molecule has 186 valence electrons. The number of carboxylic acids is 1. The van der Waals surface area contributed by atoms with E-state index in [1.165, 1.54) is 11.1 Å². The Bertz CT molecular complexity index is 1020. The summed E-state index contributed by atoms with van der Waals surface area (Å²) in [5.41, 5.74) is 4.64. The first-order chi connectivity index (χ1) is 17.0. The molecule has 0 saturated heterocycles. The molecule has 7 nitrogen and oxygen atoms in total. The van der Waals surface area contributed by atoms with Crippen LogP contribution in [0.2, 0.25) is 0 Å². The third-order valence-electron chi connectivity index (χ3n) is 7.26. The number of carbonyl (C=O) groups excluding carboxylic acids is 2. The van der Waals surface area contributed by atoms with Crippen LogP contribution in [0.4, 0.5) is 4.79 Å². The molecule has 35 heavy (non-hydrogen) atoms. The third kappa shape index (κ3) is 5.66. The lowest BCUT2D eigenvalue weighted by Crippen LogP contribution is -2.49. The standard InChI is InChI=1S/C28H34N2O5/c1-2-9-18(27(32)33)16-29-26(31)23-14-7-8-15-25(23)30-28(34)35-17-24-21-12-5-3-10-19(21)20-11-4-6-13-22(20)24/h3-6,10-13,18,23-25H,2,7-9,14-17H2,1H3,(H,29,31)(H,30,34)(H,32,33). The predicted octanol–water partition coefficient (Wildman–Crippen LogP) is 4.70. The van der Waals surface area contributed by atoms with Crippen LogP contribution in [0.15, 0.2) is 48.5 Å². The molecule has 0 bridgehead atoms. The Kier molecular flexibility index (Phi) is 8.06. The molecule has 4 rings (SSSR count). The summed E-state index contributed by atoms with van der Waals surface area (Å²) in [6.07, 6.45) is 3.91. The molecule has 1 fully saturated rings. The molecule has 2 aliphatic rings. The lowest BCUT2D eigenvalue weighted by molar-refractivity contribution is -0.142. The maximum Gasteiger partial charge on any atom is 0.407 e. The van der Waals surface area contributed by atoms with Gasteiger partial charge in [-0.3, -0.25) is 9.59 Å². The molecular weight excluding hydrogens is 444 g/mol. The molecule has 7 heteroatoms. The molecule has 3 N–H and O–H groups in total. The zero-order chi connectivity index (χ0) is 24.8. The van der Waals surface area contributed by atoms with Crippen molar-refractivity contribution in [1.82, 2.24) is 10.6 Å². The summed E-state index contributed by atoms with van der Waals surface area (Å²) in [5.74, 6) is -2.10. The number of amides is 2. The Morgan fingerprint density at radius 1 is 1.00 bits per heavy atom. The van der Waals surface area contributed by atoms with Crippen LogP contribution in [-0.4, -0.2) is 42.3 Å². The van der Waals surface area contributed by atoms with Crippen LogP contribution in [0.5, 0.6) is 0 Å². The van der Waals surface area contributed by atoms with E-state index in [2.05, 4.69) is 34.9 Å². The van der Waals surface area contributed by atoms with Crippen LogP contribution in [0.1, 0.15) is 62.5 Å². The second-order valence-electron chi connectivity index (χ2n) is 9.54. The Hall–Kier alpha value is -3.35. The van der Waals surface area contributed by atoms with Crippen molar-refractivity contribution in [2.45, 2.75) is 57.4 Å². The van der Waals surface area contributed by atoms with Gasteiger partial charge in [-0.15, -0.1) is 0 Å². The highest BCUT2D eigenvalue weighted by Gasteiger charge is 2.34. The van der Waals surface area contributed by atoms with Gasteiger partial charge in [0.25, 0.3) is 0 Å². The zero-order valence-corrected chi connectivity index (χ0v) is 20.2. The van der Waals surface area contributed by atoms with Crippen molar-refractivity contribution in [1.29, 1.82) is 0 Å². The molecule has 2 aromatic carbocycles. The highest BCUT2D eigenvalue weighted by molar-refractivity contribution is 5.81. The number of hydrogen-bond donors (Lipinski definition) is 3. The van der Waals surface area contributed by atoms with Gasteiger partial charge in [-0.2, -0.15) is 0 Å². The summed E-state index contributed by atoms with van der Waals surface area (Å²) in [7, 11) is 0. The van der Waals surface area contributed by atoms with Gasteiger partial charge in [0.1, 0.15) is 6.61 Å². The highest BCUT2D eigenvalue weighted by Crippen LogP contribution is 2.44. The molecule has 1 saturated carbocycles. The molecule has 2 aromatic rings.